The summed E-state index contributed by atoms with van der Waals surface area (Å²) in [5.41, 5.74) is -1.46. The van der Waals surface area contributed by atoms with Crippen LogP contribution in [0.5, 0.6) is 0 Å². The number of rotatable bonds is 4. The molecular weight excluding hydrogens is 342 g/mol. The van der Waals surface area contributed by atoms with E-state index in [0.717, 1.165) is 0 Å². The summed E-state index contributed by atoms with van der Waals surface area (Å²) in [4.78, 5) is 11.3. The van der Waals surface area contributed by atoms with Crippen molar-refractivity contribution < 1.29 is 40.6 Å². The van der Waals surface area contributed by atoms with Crippen molar-refractivity contribution in [3.05, 3.63) is 70.3 Å². The predicted molar refractivity (Wildman–Crippen MR) is 67.6 cm³/mol. The van der Waals surface area contributed by atoms with Crippen molar-refractivity contribution in [3.63, 3.8) is 0 Å². The van der Waals surface area contributed by atoms with Crippen molar-refractivity contribution in [3.8, 4) is 0 Å². The largest absolute Gasteiger partial charge is 0.508 e. The van der Waals surface area contributed by atoms with Crippen LogP contribution in [0, 0.1) is 34.9 Å². The number of ether oxygens (including phenoxy) is 2. The van der Waals surface area contributed by atoms with Crippen molar-refractivity contribution in [1.82, 2.24) is 0 Å². The number of carbonyl (C=O) groups is 1. The van der Waals surface area contributed by atoms with E-state index in [9.17, 15) is 31.1 Å². The SMILES string of the molecule is O=C(OCc1c(F)cc(F)cc1F)OCc1c(F)cc(F)cc1F. The van der Waals surface area contributed by atoms with Gasteiger partial charge in [-0.25, -0.2) is 31.1 Å². The van der Waals surface area contributed by atoms with E-state index in [0.29, 0.717) is 24.3 Å². The maximum Gasteiger partial charge on any atom is 0.508 e. The number of hydrogen-bond donors (Lipinski definition) is 0. The molecule has 0 aliphatic rings. The lowest BCUT2D eigenvalue weighted by atomic mass is 10.2. The normalized spacial score (nSPS) is 10.6. The van der Waals surface area contributed by atoms with Crippen LogP contribution in [-0.2, 0) is 22.7 Å². The molecule has 0 amide bonds. The number of carbonyl (C=O) groups excluding carboxylic acids is 1. The van der Waals surface area contributed by atoms with Gasteiger partial charge < -0.3 is 9.47 Å². The van der Waals surface area contributed by atoms with Crippen molar-refractivity contribution in [2.24, 2.45) is 0 Å². The van der Waals surface area contributed by atoms with Crippen LogP contribution in [-0.4, -0.2) is 6.16 Å². The molecule has 0 unspecified atom stereocenters. The van der Waals surface area contributed by atoms with Gasteiger partial charge in [0.05, 0.1) is 11.1 Å². The number of benzene rings is 2. The van der Waals surface area contributed by atoms with Crippen LogP contribution in [0.1, 0.15) is 11.1 Å². The van der Waals surface area contributed by atoms with Gasteiger partial charge in [0, 0.05) is 24.3 Å². The van der Waals surface area contributed by atoms with Crippen molar-refractivity contribution >= 4 is 6.16 Å². The van der Waals surface area contributed by atoms with Gasteiger partial charge in [-0.2, -0.15) is 0 Å². The summed E-state index contributed by atoms with van der Waals surface area (Å²) in [6.07, 6.45) is -1.48. The first-order chi connectivity index (χ1) is 11.3. The fourth-order valence-electron chi connectivity index (χ4n) is 1.72. The molecule has 0 aliphatic heterocycles. The molecule has 9 heteroatoms. The zero-order chi connectivity index (χ0) is 17.9. The zero-order valence-electron chi connectivity index (χ0n) is 11.7. The quantitative estimate of drug-likeness (QED) is 0.607. The minimum absolute atomic E-state index is 0.385. The highest BCUT2D eigenvalue weighted by Crippen LogP contribution is 2.18. The van der Waals surface area contributed by atoms with E-state index in [1.165, 1.54) is 0 Å². The summed E-state index contributed by atoms with van der Waals surface area (Å²) in [5.74, 6) is -7.43. The molecule has 2 aromatic rings. The van der Waals surface area contributed by atoms with Crippen LogP contribution in [0.25, 0.3) is 0 Å². The molecule has 3 nitrogen and oxygen atoms in total. The van der Waals surface area contributed by atoms with Gasteiger partial charge in [-0.1, -0.05) is 0 Å². The lowest BCUT2D eigenvalue weighted by molar-refractivity contribution is 0.0420. The summed E-state index contributed by atoms with van der Waals surface area (Å²) < 4.78 is 87.4. The molecule has 0 heterocycles. The van der Waals surface area contributed by atoms with Crippen molar-refractivity contribution in [1.29, 1.82) is 0 Å². The van der Waals surface area contributed by atoms with Gasteiger partial charge >= 0.3 is 6.16 Å². The standard InChI is InChI=1S/C15H8F6O3/c16-7-1-11(18)9(12(19)2-7)5-23-15(22)24-6-10-13(20)3-8(17)4-14(10)21/h1-4H,5-6H2. The molecule has 0 aliphatic carbocycles. The van der Waals surface area contributed by atoms with Crippen molar-refractivity contribution in [2.45, 2.75) is 13.2 Å². The van der Waals surface area contributed by atoms with E-state index in [-0.39, 0.29) is 0 Å². The van der Waals surface area contributed by atoms with E-state index in [1.54, 1.807) is 0 Å². The second-order valence-corrected chi connectivity index (χ2v) is 4.52. The fourth-order valence-corrected chi connectivity index (χ4v) is 1.72. The third-order valence-corrected chi connectivity index (χ3v) is 2.88. The summed E-state index contributed by atoms with van der Waals surface area (Å²) in [7, 11) is 0. The molecule has 0 bridgehead atoms. The predicted octanol–water partition coefficient (Wildman–Crippen LogP) is 4.37. The third kappa shape index (κ3) is 4.18. The van der Waals surface area contributed by atoms with Crippen LogP contribution in [0.3, 0.4) is 0 Å². The Bertz CT molecular complexity index is 668. The van der Waals surface area contributed by atoms with Gasteiger partial charge in [0.1, 0.15) is 48.1 Å². The first-order valence-electron chi connectivity index (χ1n) is 6.34. The third-order valence-electron chi connectivity index (χ3n) is 2.88. The molecule has 0 N–H and O–H groups in total. The maximum atomic E-state index is 13.3. The van der Waals surface area contributed by atoms with E-state index in [1.807, 2.05) is 0 Å². The topological polar surface area (TPSA) is 35.5 Å². The molecule has 0 saturated heterocycles. The van der Waals surface area contributed by atoms with Gasteiger partial charge in [-0.05, 0) is 0 Å². The highest BCUT2D eigenvalue weighted by Gasteiger charge is 2.17. The average Bonchev–Trinajstić information content (AvgIpc) is 2.44. The molecule has 0 atom stereocenters. The van der Waals surface area contributed by atoms with Gasteiger partial charge in [0.15, 0.2) is 0 Å². The van der Waals surface area contributed by atoms with E-state index >= 15 is 0 Å². The van der Waals surface area contributed by atoms with E-state index in [2.05, 4.69) is 9.47 Å². The molecule has 128 valence electrons. The minimum Gasteiger partial charge on any atom is -0.429 e. The Morgan fingerprint density at radius 2 is 0.958 bits per heavy atom. The molecular formula is C15H8F6O3. The maximum absolute atomic E-state index is 13.3. The Balaban J connectivity index is 1.96. The van der Waals surface area contributed by atoms with Crippen molar-refractivity contribution in [2.75, 3.05) is 0 Å². The number of hydrogen-bond acceptors (Lipinski definition) is 3. The van der Waals surface area contributed by atoms with Gasteiger partial charge in [-0.15, -0.1) is 0 Å². The first-order valence-corrected chi connectivity index (χ1v) is 6.34. The summed E-state index contributed by atoms with van der Waals surface area (Å²) in [5, 5.41) is 0. The van der Waals surface area contributed by atoms with Crippen LogP contribution in [0.4, 0.5) is 31.1 Å². The van der Waals surface area contributed by atoms with Crippen LogP contribution in [0.15, 0.2) is 24.3 Å². The Morgan fingerprint density at radius 3 is 1.25 bits per heavy atom. The molecule has 0 aromatic heterocycles. The lowest BCUT2D eigenvalue weighted by Crippen LogP contribution is -2.11. The Hall–Kier alpha value is -2.71. The summed E-state index contributed by atoms with van der Waals surface area (Å²) in [6.45, 7) is -1.85. The monoisotopic (exact) mass is 350 g/mol. The van der Waals surface area contributed by atoms with E-state index in [4.69, 9.17) is 0 Å². The Labute approximate surface area is 131 Å². The van der Waals surface area contributed by atoms with Crippen LogP contribution < -0.4 is 0 Å². The van der Waals surface area contributed by atoms with Gasteiger partial charge in [-0.3, -0.25) is 0 Å². The fraction of sp³-hybridized carbons (Fsp3) is 0.133. The second-order valence-electron chi connectivity index (χ2n) is 4.52. The average molecular weight is 350 g/mol. The molecule has 0 fully saturated rings. The molecule has 0 spiro atoms. The molecule has 2 rings (SSSR count). The zero-order valence-corrected chi connectivity index (χ0v) is 11.7. The first kappa shape index (κ1) is 17.6. The lowest BCUT2D eigenvalue weighted by Gasteiger charge is -2.09. The summed E-state index contributed by atoms with van der Waals surface area (Å²) >= 11 is 0. The molecule has 0 saturated carbocycles. The molecule has 2 aromatic carbocycles. The molecule has 0 radical (unpaired) electrons. The van der Waals surface area contributed by atoms with Crippen LogP contribution >= 0.6 is 0 Å². The van der Waals surface area contributed by atoms with Gasteiger partial charge in [0.2, 0.25) is 0 Å². The minimum atomic E-state index is -1.48. The molecule has 24 heavy (non-hydrogen) atoms. The van der Waals surface area contributed by atoms with Gasteiger partial charge in [0.25, 0.3) is 0 Å². The Morgan fingerprint density at radius 1 is 0.667 bits per heavy atom. The summed E-state index contributed by atoms with van der Waals surface area (Å²) in [6, 6.07) is 1.54. The highest BCUT2D eigenvalue weighted by molar-refractivity contribution is 5.60. The second kappa shape index (κ2) is 7.24. The Kier molecular flexibility index (Phi) is 5.32. The van der Waals surface area contributed by atoms with Crippen LogP contribution in [0.2, 0.25) is 0 Å². The highest BCUT2D eigenvalue weighted by atomic mass is 19.2. The smallest absolute Gasteiger partial charge is 0.429 e. The number of halogens is 6. The van der Waals surface area contributed by atoms with E-state index < -0.39 is 65.4 Å².